The van der Waals surface area contributed by atoms with Gasteiger partial charge in [0.15, 0.2) is 0 Å². The Morgan fingerprint density at radius 1 is 0.595 bits per heavy atom. The summed E-state index contributed by atoms with van der Waals surface area (Å²) in [5.41, 5.74) is 2.12. The molecule has 5 aromatic carbocycles. The third kappa shape index (κ3) is 3.09. The number of rotatable bonds is 4. The van der Waals surface area contributed by atoms with E-state index >= 15 is 0 Å². The first-order valence-corrected chi connectivity index (χ1v) is 14.8. The molecule has 182 valence electrons. The molecule has 2 heterocycles. The van der Waals surface area contributed by atoms with Gasteiger partial charge in [0.05, 0.1) is 0 Å². The molecular weight excluding hydrogens is 499 g/mol. The van der Waals surface area contributed by atoms with Crippen molar-refractivity contribution < 1.29 is 14.0 Å². The third-order valence-electron chi connectivity index (χ3n) is 7.50. The SMILES string of the molecule is Clc1ccc([C@@H]2OP(c3ccccc3)(c3ccccc3)(c3ccccc3)c3cc4c(cc32)OCO4)cc1. The number of hydrogen-bond acceptors (Lipinski definition) is 3. The minimum absolute atomic E-state index is 0.211. The van der Waals surface area contributed by atoms with E-state index in [1.54, 1.807) is 0 Å². The number of benzene rings is 5. The van der Waals surface area contributed by atoms with E-state index in [9.17, 15) is 0 Å². The van der Waals surface area contributed by atoms with Crippen LogP contribution in [-0.4, -0.2) is 6.79 Å². The summed E-state index contributed by atoms with van der Waals surface area (Å²) in [7, 11) is 0. The summed E-state index contributed by atoms with van der Waals surface area (Å²) in [6.07, 6.45) is -0.333. The van der Waals surface area contributed by atoms with Crippen LogP contribution < -0.4 is 30.7 Å². The molecule has 5 aromatic rings. The maximum atomic E-state index is 7.75. The van der Waals surface area contributed by atoms with E-state index < -0.39 is 6.83 Å². The zero-order valence-corrected chi connectivity index (χ0v) is 21.6. The van der Waals surface area contributed by atoms with Crippen LogP contribution in [0.2, 0.25) is 5.02 Å². The summed E-state index contributed by atoms with van der Waals surface area (Å²) in [6, 6.07) is 44.2. The van der Waals surface area contributed by atoms with Gasteiger partial charge in [0.2, 0.25) is 0 Å². The molecule has 7 rings (SSSR count). The molecule has 0 fully saturated rings. The normalized spacial score (nSPS) is 19.5. The van der Waals surface area contributed by atoms with E-state index in [0.717, 1.165) is 43.8 Å². The Morgan fingerprint density at radius 2 is 1.08 bits per heavy atom. The minimum atomic E-state index is -3.74. The van der Waals surface area contributed by atoms with Gasteiger partial charge in [-0.1, -0.05) is 0 Å². The van der Waals surface area contributed by atoms with Crippen molar-refractivity contribution in [3.05, 3.63) is 144 Å². The third-order valence-corrected chi connectivity index (χ3v) is 13.5. The van der Waals surface area contributed by atoms with Crippen LogP contribution in [0.25, 0.3) is 0 Å². The first kappa shape index (κ1) is 22.6. The predicted octanol–water partition coefficient (Wildman–Crippen LogP) is 6.26. The van der Waals surface area contributed by atoms with Crippen LogP contribution in [0.15, 0.2) is 127 Å². The van der Waals surface area contributed by atoms with Crippen molar-refractivity contribution in [2.45, 2.75) is 6.10 Å². The molecule has 1 atom stereocenters. The van der Waals surface area contributed by atoms with Gasteiger partial charge in [0, 0.05) is 0 Å². The molecule has 3 nitrogen and oxygen atoms in total. The van der Waals surface area contributed by atoms with Crippen molar-refractivity contribution in [3.63, 3.8) is 0 Å². The van der Waals surface area contributed by atoms with E-state index in [1.807, 2.05) is 12.1 Å². The second kappa shape index (κ2) is 8.46. The summed E-state index contributed by atoms with van der Waals surface area (Å²) in [5.74, 6) is 1.49. The van der Waals surface area contributed by atoms with Gasteiger partial charge in [-0.2, -0.15) is 0 Å². The molecule has 2 aliphatic rings. The zero-order valence-electron chi connectivity index (χ0n) is 20.0. The summed E-state index contributed by atoms with van der Waals surface area (Å²) >= 11 is 6.30. The van der Waals surface area contributed by atoms with Gasteiger partial charge in [-0.3, -0.25) is 0 Å². The fourth-order valence-electron chi connectivity index (χ4n) is 5.91. The second-order valence-corrected chi connectivity index (χ2v) is 14.1. The summed E-state index contributed by atoms with van der Waals surface area (Å²) in [5, 5.41) is 5.26. The van der Waals surface area contributed by atoms with Crippen LogP contribution in [0.3, 0.4) is 0 Å². The monoisotopic (exact) mass is 522 g/mol. The van der Waals surface area contributed by atoms with Crippen molar-refractivity contribution in [1.82, 2.24) is 0 Å². The first-order valence-electron chi connectivity index (χ1n) is 12.3. The van der Waals surface area contributed by atoms with Crippen LogP contribution in [-0.2, 0) is 4.52 Å². The standard InChI is InChI=1S/C32H24ClO3P/c33-24-18-16-23(17-19-24)32-28-20-29-30(35-22-34-29)21-31(28)37(36-32,25-10-4-1-5-11-25,26-12-6-2-7-13-26)27-14-8-3-9-15-27/h1-21,32H,22H2/t32-/m0/s1. The van der Waals surface area contributed by atoms with Crippen LogP contribution in [0, 0.1) is 0 Å². The first-order chi connectivity index (χ1) is 18.2. The predicted molar refractivity (Wildman–Crippen MR) is 152 cm³/mol. The molecule has 0 amide bonds. The van der Waals surface area contributed by atoms with Crippen molar-refractivity contribution >= 4 is 39.6 Å². The van der Waals surface area contributed by atoms with Crippen molar-refractivity contribution in [2.24, 2.45) is 0 Å². The second-order valence-electron chi connectivity index (χ2n) is 9.34. The fourth-order valence-corrected chi connectivity index (χ4v) is 12.2. The fraction of sp³-hybridized carbons (Fsp3) is 0.0625. The average Bonchev–Trinajstić information content (AvgIpc) is 3.55. The van der Waals surface area contributed by atoms with Gasteiger partial charge >= 0.3 is 222 Å². The van der Waals surface area contributed by atoms with Crippen LogP contribution in [0.1, 0.15) is 17.2 Å². The van der Waals surface area contributed by atoms with E-state index in [2.05, 4.69) is 115 Å². The van der Waals surface area contributed by atoms with Gasteiger partial charge in [-0.15, -0.1) is 0 Å². The Morgan fingerprint density at radius 3 is 1.59 bits per heavy atom. The number of fused-ring (bicyclic) bond motifs is 2. The van der Waals surface area contributed by atoms with Crippen molar-refractivity contribution in [3.8, 4) is 11.5 Å². The molecule has 5 heteroatoms. The summed E-state index contributed by atoms with van der Waals surface area (Å²) in [6.45, 7) is -3.53. The summed E-state index contributed by atoms with van der Waals surface area (Å²) < 4.78 is 19.6. The van der Waals surface area contributed by atoms with Crippen LogP contribution in [0.5, 0.6) is 11.5 Å². The van der Waals surface area contributed by atoms with Gasteiger partial charge < -0.3 is 0 Å². The Bertz CT molecular complexity index is 1490. The molecule has 0 aromatic heterocycles. The average molecular weight is 523 g/mol. The molecule has 0 N–H and O–H groups in total. The topological polar surface area (TPSA) is 27.7 Å². The molecule has 0 radical (unpaired) electrons. The molecule has 37 heavy (non-hydrogen) atoms. The van der Waals surface area contributed by atoms with Crippen LogP contribution in [0.4, 0.5) is 0 Å². The molecule has 2 aliphatic heterocycles. The Hall–Kier alpha value is -3.62. The molecule has 0 bridgehead atoms. The van der Waals surface area contributed by atoms with Gasteiger partial charge in [0.25, 0.3) is 0 Å². The van der Waals surface area contributed by atoms with E-state index in [4.69, 9.17) is 25.6 Å². The van der Waals surface area contributed by atoms with Crippen molar-refractivity contribution in [2.75, 3.05) is 6.79 Å². The maximum absolute atomic E-state index is 7.75. The molecule has 0 unspecified atom stereocenters. The van der Waals surface area contributed by atoms with E-state index in [-0.39, 0.29) is 12.9 Å². The molecule has 0 saturated carbocycles. The van der Waals surface area contributed by atoms with E-state index in [0.29, 0.717) is 5.02 Å². The summed E-state index contributed by atoms with van der Waals surface area (Å²) in [4.78, 5) is 0. The number of hydrogen-bond donors (Lipinski definition) is 0. The molecule has 0 spiro atoms. The van der Waals surface area contributed by atoms with Gasteiger partial charge in [-0.25, -0.2) is 0 Å². The Balaban J connectivity index is 1.68. The van der Waals surface area contributed by atoms with E-state index in [1.165, 1.54) is 0 Å². The van der Waals surface area contributed by atoms with Crippen LogP contribution >= 0.6 is 18.4 Å². The van der Waals surface area contributed by atoms with Crippen molar-refractivity contribution in [1.29, 1.82) is 0 Å². The Kier molecular flexibility index (Phi) is 5.16. The zero-order chi connectivity index (χ0) is 24.9. The number of ether oxygens (including phenoxy) is 2. The number of halogens is 1. The van der Waals surface area contributed by atoms with Gasteiger partial charge in [0.1, 0.15) is 0 Å². The molecular formula is C32H24ClO3P. The molecule has 0 saturated heterocycles. The van der Waals surface area contributed by atoms with Gasteiger partial charge in [-0.05, 0) is 0 Å². The molecule has 0 aliphatic carbocycles. The quantitative estimate of drug-likeness (QED) is 0.261. The Labute approximate surface area is 221 Å².